The number of hydrogen-bond acceptors (Lipinski definition) is 5. The Bertz CT molecular complexity index is 1500. The van der Waals surface area contributed by atoms with Crippen LogP contribution in [0.25, 0.3) is 11.0 Å². The number of rotatable bonds is 2. The lowest BCUT2D eigenvalue weighted by Crippen LogP contribution is -2.45. The van der Waals surface area contributed by atoms with E-state index in [1.54, 1.807) is 0 Å². The highest BCUT2D eigenvalue weighted by Crippen LogP contribution is 2.50. The summed E-state index contributed by atoms with van der Waals surface area (Å²) in [5, 5.41) is 8.33. The van der Waals surface area contributed by atoms with Crippen LogP contribution in [0.1, 0.15) is 72.0 Å². The Morgan fingerprint density at radius 3 is 2.53 bits per heavy atom. The highest BCUT2D eigenvalue weighted by molar-refractivity contribution is 5.79. The van der Waals surface area contributed by atoms with Crippen molar-refractivity contribution in [3.8, 4) is 0 Å². The molecule has 1 unspecified atom stereocenters. The van der Waals surface area contributed by atoms with Gasteiger partial charge in [-0.15, -0.1) is 0 Å². The van der Waals surface area contributed by atoms with E-state index in [0.717, 1.165) is 57.3 Å². The van der Waals surface area contributed by atoms with E-state index in [1.807, 2.05) is 0 Å². The number of aryl methyl sites for hydroxylation is 1. The van der Waals surface area contributed by atoms with Crippen molar-refractivity contribution in [1.82, 2.24) is 20.2 Å². The fourth-order valence-corrected chi connectivity index (χ4v) is 7.03. The zero-order valence-corrected chi connectivity index (χ0v) is 20.5. The minimum atomic E-state index is -0.106. The summed E-state index contributed by atoms with van der Waals surface area (Å²) in [6, 6.07) is 17.3. The molecule has 2 aliphatic carbocycles. The van der Waals surface area contributed by atoms with Gasteiger partial charge in [0.2, 0.25) is 5.95 Å². The lowest BCUT2D eigenvalue weighted by molar-refractivity contribution is 0.187. The molecular formula is C29H32N6O. The molecule has 1 fully saturated rings. The second-order valence-corrected chi connectivity index (χ2v) is 10.9. The normalized spacial score (nSPS) is 23.0. The monoisotopic (exact) mass is 480 g/mol. The van der Waals surface area contributed by atoms with Gasteiger partial charge in [-0.1, -0.05) is 55.0 Å². The standard InChI is InChI=1S/C29H32N6O/c30-25-21-11-5-3-9-19(21)17-29(25)13-15-35(16-14-29)28-31-26-23(27(36)32-28)24(33-34-26)22-12-6-2-8-18-7-1-4-10-20(18)22/h1,3-5,7,9-11,22,25H,2,6,8,12-17,30H2,(H2,31,32,33,34,36)/t22?,25-/m1/s1. The summed E-state index contributed by atoms with van der Waals surface area (Å²) in [5.74, 6) is 0.758. The highest BCUT2D eigenvalue weighted by atomic mass is 16.1. The Kier molecular flexibility index (Phi) is 5.03. The number of benzene rings is 2. The van der Waals surface area contributed by atoms with Crippen LogP contribution >= 0.6 is 0 Å². The van der Waals surface area contributed by atoms with Crippen molar-refractivity contribution >= 4 is 17.0 Å². The molecule has 0 radical (unpaired) electrons. The molecule has 36 heavy (non-hydrogen) atoms. The number of nitrogens with two attached hydrogens (primary N) is 1. The molecule has 0 saturated carbocycles. The Morgan fingerprint density at radius 2 is 1.72 bits per heavy atom. The first-order valence-corrected chi connectivity index (χ1v) is 13.3. The van der Waals surface area contributed by atoms with E-state index in [2.05, 4.69) is 68.6 Å². The molecule has 0 amide bonds. The summed E-state index contributed by atoms with van der Waals surface area (Å²) < 4.78 is 0. The Morgan fingerprint density at radius 1 is 0.972 bits per heavy atom. The molecule has 2 aromatic heterocycles. The quantitative estimate of drug-likeness (QED) is 0.370. The summed E-state index contributed by atoms with van der Waals surface area (Å²) in [7, 11) is 0. The summed E-state index contributed by atoms with van der Waals surface area (Å²) in [6.45, 7) is 1.65. The minimum absolute atomic E-state index is 0.0710. The average molecular weight is 481 g/mol. The van der Waals surface area contributed by atoms with Crippen molar-refractivity contribution in [3.63, 3.8) is 0 Å². The van der Waals surface area contributed by atoms with Crippen LogP contribution in [-0.4, -0.2) is 33.3 Å². The van der Waals surface area contributed by atoms with E-state index < -0.39 is 0 Å². The van der Waals surface area contributed by atoms with Crippen molar-refractivity contribution in [3.05, 3.63) is 86.8 Å². The van der Waals surface area contributed by atoms with Gasteiger partial charge in [-0.25, -0.2) is 0 Å². The molecule has 3 heterocycles. The van der Waals surface area contributed by atoms with Gasteiger partial charge < -0.3 is 10.6 Å². The molecule has 7 heteroatoms. The first-order chi connectivity index (χ1) is 17.6. The number of nitrogens with one attached hydrogen (secondary N) is 2. The molecule has 1 aliphatic heterocycles. The largest absolute Gasteiger partial charge is 0.342 e. The molecule has 2 atom stereocenters. The van der Waals surface area contributed by atoms with E-state index >= 15 is 0 Å². The van der Waals surface area contributed by atoms with Gasteiger partial charge in [0.25, 0.3) is 5.56 Å². The van der Waals surface area contributed by atoms with Crippen LogP contribution in [0.2, 0.25) is 0 Å². The van der Waals surface area contributed by atoms with Gasteiger partial charge in [0.15, 0.2) is 5.65 Å². The molecule has 0 bridgehead atoms. The van der Waals surface area contributed by atoms with Gasteiger partial charge in [-0.2, -0.15) is 10.1 Å². The molecule has 7 nitrogen and oxygen atoms in total. The number of hydrogen-bond donors (Lipinski definition) is 3. The van der Waals surface area contributed by atoms with E-state index in [-0.39, 0.29) is 22.9 Å². The molecule has 184 valence electrons. The van der Waals surface area contributed by atoms with E-state index in [9.17, 15) is 4.79 Å². The second-order valence-electron chi connectivity index (χ2n) is 10.9. The highest BCUT2D eigenvalue weighted by Gasteiger charge is 2.46. The van der Waals surface area contributed by atoms with E-state index in [1.165, 1.54) is 28.7 Å². The lowest BCUT2D eigenvalue weighted by Gasteiger charge is -2.42. The fourth-order valence-electron chi connectivity index (χ4n) is 7.03. The van der Waals surface area contributed by atoms with Crippen LogP contribution in [0, 0.1) is 5.41 Å². The topological polar surface area (TPSA) is 104 Å². The van der Waals surface area contributed by atoms with Crippen molar-refractivity contribution < 1.29 is 0 Å². The summed E-state index contributed by atoms with van der Waals surface area (Å²) in [5.41, 5.74) is 13.5. The van der Waals surface area contributed by atoms with Crippen LogP contribution in [0.5, 0.6) is 0 Å². The minimum Gasteiger partial charge on any atom is -0.342 e. The molecular weight excluding hydrogens is 448 g/mol. The predicted molar refractivity (Wildman–Crippen MR) is 141 cm³/mol. The molecule has 1 spiro atoms. The first kappa shape index (κ1) is 21.8. The molecule has 7 rings (SSSR count). The van der Waals surface area contributed by atoms with Gasteiger partial charge in [-0.3, -0.25) is 14.9 Å². The zero-order valence-electron chi connectivity index (χ0n) is 20.5. The third-order valence-electron chi connectivity index (χ3n) is 9.06. The third-order valence-corrected chi connectivity index (χ3v) is 9.06. The van der Waals surface area contributed by atoms with Gasteiger partial charge >= 0.3 is 0 Å². The smallest absolute Gasteiger partial charge is 0.263 e. The molecule has 4 N–H and O–H groups in total. The number of nitrogens with zero attached hydrogens (tertiary/aromatic N) is 3. The number of piperidine rings is 1. The maximum atomic E-state index is 13.4. The maximum absolute atomic E-state index is 13.4. The third kappa shape index (κ3) is 3.33. The van der Waals surface area contributed by atoms with E-state index in [4.69, 9.17) is 10.7 Å². The second kappa shape index (κ2) is 8.30. The van der Waals surface area contributed by atoms with Gasteiger partial charge in [0, 0.05) is 25.0 Å². The van der Waals surface area contributed by atoms with Crippen molar-refractivity contribution in [1.29, 1.82) is 0 Å². The molecule has 1 saturated heterocycles. The SMILES string of the molecule is N[C@@H]1c2ccccc2CC12CCN(c1nc3n[nH]c(C4CCCCc5ccccc54)c3c(=O)[nH]1)CC2. The van der Waals surface area contributed by atoms with Crippen molar-refractivity contribution in [2.45, 2.75) is 56.9 Å². The molecule has 2 aromatic carbocycles. The number of H-pyrrole nitrogens is 2. The van der Waals surface area contributed by atoms with Crippen LogP contribution in [0.15, 0.2) is 53.3 Å². The lowest BCUT2D eigenvalue weighted by atomic mass is 9.73. The fraction of sp³-hybridized carbons (Fsp3) is 0.414. The first-order valence-electron chi connectivity index (χ1n) is 13.3. The predicted octanol–water partition coefficient (Wildman–Crippen LogP) is 4.35. The number of aromatic amines is 2. The Labute approximate surface area is 210 Å². The Hall–Kier alpha value is -3.45. The van der Waals surface area contributed by atoms with Gasteiger partial charge in [0.05, 0.1) is 5.69 Å². The van der Waals surface area contributed by atoms with Crippen molar-refractivity contribution in [2.24, 2.45) is 11.1 Å². The number of anilines is 1. The molecule has 4 aromatic rings. The number of fused-ring (bicyclic) bond motifs is 3. The van der Waals surface area contributed by atoms with Gasteiger partial charge in [0.1, 0.15) is 5.39 Å². The van der Waals surface area contributed by atoms with Crippen LogP contribution in [0.3, 0.4) is 0 Å². The zero-order chi connectivity index (χ0) is 24.3. The van der Waals surface area contributed by atoms with Gasteiger partial charge in [-0.05, 0) is 66.2 Å². The molecule has 3 aliphatic rings. The van der Waals surface area contributed by atoms with E-state index in [0.29, 0.717) is 17.0 Å². The van der Waals surface area contributed by atoms with Crippen LogP contribution in [0.4, 0.5) is 5.95 Å². The summed E-state index contributed by atoms with van der Waals surface area (Å²) in [6.07, 6.45) is 7.39. The Balaban J connectivity index is 1.17. The maximum Gasteiger partial charge on any atom is 0.263 e. The number of aromatic nitrogens is 4. The average Bonchev–Trinajstić information content (AvgIpc) is 3.36. The summed E-state index contributed by atoms with van der Waals surface area (Å²) in [4.78, 5) is 23.5. The van der Waals surface area contributed by atoms with Crippen LogP contribution in [-0.2, 0) is 12.8 Å². The van der Waals surface area contributed by atoms with Crippen molar-refractivity contribution in [2.75, 3.05) is 18.0 Å². The van der Waals surface area contributed by atoms with Crippen LogP contribution < -0.4 is 16.2 Å². The summed E-state index contributed by atoms with van der Waals surface area (Å²) >= 11 is 0.